The number of rotatable bonds is 1. The number of hydrogen-bond acceptors (Lipinski definition) is 2. The largest absolute Gasteiger partial charge is 0.413 e. The lowest BCUT2D eigenvalue weighted by Gasteiger charge is -2.02. The molecule has 0 bridgehead atoms. The van der Waals surface area contributed by atoms with Gasteiger partial charge in [0.15, 0.2) is 0 Å². The summed E-state index contributed by atoms with van der Waals surface area (Å²) < 4.78 is 34.5. The van der Waals surface area contributed by atoms with E-state index in [1.165, 1.54) is 0 Å². The lowest BCUT2D eigenvalue weighted by Crippen LogP contribution is -2.08. The third kappa shape index (κ3) is 3.04. The van der Waals surface area contributed by atoms with E-state index >= 15 is 0 Å². The summed E-state index contributed by atoms with van der Waals surface area (Å²) in [6, 6.07) is 0. The molecule has 0 radical (unpaired) electrons. The smallest absolute Gasteiger partial charge is 0.211 e. The van der Waals surface area contributed by atoms with Crippen LogP contribution in [-0.2, 0) is 4.79 Å². The van der Waals surface area contributed by atoms with Gasteiger partial charge in [-0.15, -0.1) is 0 Å². The number of aliphatic imine (C=N–C) groups is 1. The third-order valence-corrected chi connectivity index (χ3v) is 0.758. The van der Waals surface area contributed by atoms with E-state index in [1.54, 1.807) is 0 Å². The van der Waals surface area contributed by atoms with Crippen molar-refractivity contribution in [2.45, 2.75) is 13.1 Å². The van der Waals surface area contributed by atoms with Crippen molar-refractivity contribution in [3.05, 3.63) is 11.8 Å². The molecule has 56 valence electrons. The van der Waals surface area contributed by atoms with Crippen LogP contribution in [0.25, 0.3) is 0 Å². The molecular weight excluding hydrogens is 147 g/mol. The first kappa shape index (κ1) is 8.91. The highest BCUT2D eigenvalue weighted by Crippen LogP contribution is 2.24. The van der Waals surface area contributed by atoms with Crippen LogP contribution >= 0.6 is 0 Å². The van der Waals surface area contributed by atoms with E-state index in [9.17, 15) is 18.0 Å². The molecule has 0 spiro atoms. The molecule has 0 saturated heterocycles. The summed E-state index contributed by atoms with van der Waals surface area (Å²) in [5.41, 5.74) is -0.921. The van der Waals surface area contributed by atoms with Gasteiger partial charge in [-0.05, 0) is 6.92 Å². The van der Waals surface area contributed by atoms with E-state index < -0.39 is 11.7 Å². The molecule has 10 heavy (non-hydrogen) atoms. The lowest BCUT2D eigenvalue weighted by atomic mass is 10.3. The SMILES string of the molecule is C/C(=C\N=C=O)C(F)(F)F. The van der Waals surface area contributed by atoms with Crippen molar-refractivity contribution in [1.82, 2.24) is 0 Å². The van der Waals surface area contributed by atoms with Crippen LogP contribution < -0.4 is 0 Å². The van der Waals surface area contributed by atoms with Gasteiger partial charge in [-0.25, -0.2) is 4.79 Å². The van der Waals surface area contributed by atoms with Gasteiger partial charge in [0.2, 0.25) is 6.08 Å². The minimum absolute atomic E-state index is 0.424. The quantitative estimate of drug-likeness (QED) is 0.415. The fraction of sp³-hybridized carbons (Fsp3) is 0.400. The molecule has 0 aliphatic rings. The molecular formula is C5H4F3NO. The average molecular weight is 151 g/mol. The molecule has 0 aromatic carbocycles. The summed E-state index contributed by atoms with van der Waals surface area (Å²) in [4.78, 5) is 12.0. The molecule has 2 nitrogen and oxygen atoms in total. The van der Waals surface area contributed by atoms with Crippen LogP contribution in [-0.4, -0.2) is 12.3 Å². The van der Waals surface area contributed by atoms with E-state index in [0.717, 1.165) is 13.0 Å². The van der Waals surface area contributed by atoms with Gasteiger partial charge in [0, 0.05) is 11.8 Å². The monoisotopic (exact) mass is 151 g/mol. The summed E-state index contributed by atoms with van der Waals surface area (Å²) in [6.45, 7) is 0.820. The van der Waals surface area contributed by atoms with Gasteiger partial charge in [-0.3, -0.25) is 0 Å². The number of nitrogens with zero attached hydrogens (tertiary/aromatic N) is 1. The number of hydrogen-bond donors (Lipinski definition) is 0. The zero-order valence-corrected chi connectivity index (χ0v) is 5.07. The van der Waals surface area contributed by atoms with E-state index in [1.807, 2.05) is 0 Å². The normalized spacial score (nSPS) is 12.6. The number of allylic oxidation sites excluding steroid dienone is 1. The van der Waals surface area contributed by atoms with Crippen LogP contribution in [0.2, 0.25) is 0 Å². The molecule has 0 N–H and O–H groups in total. The first-order chi connectivity index (χ1) is 4.48. The molecule has 0 aliphatic carbocycles. The first-order valence-electron chi connectivity index (χ1n) is 2.29. The Morgan fingerprint density at radius 1 is 1.60 bits per heavy atom. The van der Waals surface area contributed by atoms with Crippen LogP contribution in [0.1, 0.15) is 6.92 Å². The van der Waals surface area contributed by atoms with Gasteiger partial charge < -0.3 is 0 Å². The summed E-state index contributed by atoms with van der Waals surface area (Å²) in [6.07, 6.45) is -3.01. The van der Waals surface area contributed by atoms with E-state index in [2.05, 4.69) is 4.99 Å². The van der Waals surface area contributed by atoms with Gasteiger partial charge in [0.1, 0.15) is 0 Å². The molecule has 5 heteroatoms. The molecule has 0 aromatic rings. The zero-order valence-electron chi connectivity index (χ0n) is 5.07. The fourth-order valence-corrected chi connectivity index (χ4v) is 0.196. The second-order valence-electron chi connectivity index (χ2n) is 1.53. The van der Waals surface area contributed by atoms with Gasteiger partial charge in [0.05, 0.1) is 0 Å². The summed E-state index contributed by atoms with van der Waals surface area (Å²) in [5, 5.41) is 0. The zero-order chi connectivity index (χ0) is 8.20. The van der Waals surface area contributed by atoms with Crippen molar-refractivity contribution in [3.63, 3.8) is 0 Å². The van der Waals surface area contributed by atoms with Crippen molar-refractivity contribution in [1.29, 1.82) is 0 Å². The number of halogens is 3. The maximum Gasteiger partial charge on any atom is 0.413 e. The Labute approximate surface area is 55.1 Å². The van der Waals surface area contributed by atoms with Crippen molar-refractivity contribution in [2.24, 2.45) is 4.99 Å². The Balaban J connectivity index is 4.34. The highest BCUT2D eigenvalue weighted by molar-refractivity contribution is 5.35. The summed E-state index contributed by atoms with van der Waals surface area (Å²) in [5.74, 6) is 0. The average Bonchev–Trinajstić information content (AvgIpc) is 1.80. The molecule has 0 fully saturated rings. The fourth-order valence-electron chi connectivity index (χ4n) is 0.196. The predicted molar refractivity (Wildman–Crippen MR) is 27.9 cm³/mol. The maximum absolute atomic E-state index is 11.5. The van der Waals surface area contributed by atoms with Gasteiger partial charge in [0.25, 0.3) is 0 Å². The Hall–Kier alpha value is -1.09. The second-order valence-corrected chi connectivity index (χ2v) is 1.53. The number of isocyanates is 1. The van der Waals surface area contributed by atoms with Crippen molar-refractivity contribution >= 4 is 6.08 Å². The Morgan fingerprint density at radius 3 is 2.40 bits per heavy atom. The highest BCUT2D eigenvalue weighted by Gasteiger charge is 2.29. The Morgan fingerprint density at radius 2 is 2.10 bits per heavy atom. The summed E-state index contributed by atoms with van der Waals surface area (Å²) >= 11 is 0. The van der Waals surface area contributed by atoms with Gasteiger partial charge >= 0.3 is 6.18 Å². The van der Waals surface area contributed by atoms with E-state index in [0.29, 0.717) is 6.20 Å². The van der Waals surface area contributed by atoms with Crippen molar-refractivity contribution < 1.29 is 18.0 Å². The van der Waals surface area contributed by atoms with Crippen LogP contribution in [0.15, 0.2) is 16.8 Å². The predicted octanol–water partition coefficient (Wildman–Crippen LogP) is 1.79. The minimum atomic E-state index is -4.40. The third-order valence-electron chi connectivity index (χ3n) is 0.758. The van der Waals surface area contributed by atoms with Gasteiger partial charge in [-0.2, -0.15) is 18.2 Å². The maximum atomic E-state index is 11.5. The molecule has 0 aromatic heterocycles. The molecule has 0 heterocycles. The molecule has 0 unspecified atom stereocenters. The van der Waals surface area contributed by atoms with Crippen LogP contribution in [0, 0.1) is 0 Å². The Bertz CT molecular complexity index is 188. The van der Waals surface area contributed by atoms with Crippen molar-refractivity contribution in [3.8, 4) is 0 Å². The molecule has 0 rings (SSSR count). The molecule has 0 atom stereocenters. The molecule has 0 amide bonds. The summed E-state index contributed by atoms with van der Waals surface area (Å²) in [7, 11) is 0. The molecule has 0 aliphatic heterocycles. The minimum Gasteiger partial charge on any atom is -0.211 e. The van der Waals surface area contributed by atoms with Crippen molar-refractivity contribution in [2.75, 3.05) is 0 Å². The number of alkyl halides is 3. The van der Waals surface area contributed by atoms with Crippen LogP contribution in [0.5, 0.6) is 0 Å². The Kier molecular flexibility index (Phi) is 2.83. The van der Waals surface area contributed by atoms with Gasteiger partial charge in [-0.1, -0.05) is 0 Å². The lowest BCUT2D eigenvalue weighted by molar-refractivity contribution is -0.0914. The van der Waals surface area contributed by atoms with Crippen LogP contribution in [0.4, 0.5) is 13.2 Å². The van der Waals surface area contributed by atoms with Crippen LogP contribution in [0.3, 0.4) is 0 Å². The molecule has 0 saturated carbocycles. The second kappa shape index (κ2) is 3.17. The highest BCUT2D eigenvalue weighted by atomic mass is 19.4. The number of carbonyl (C=O) groups excluding carboxylic acids is 1. The van der Waals surface area contributed by atoms with E-state index in [4.69, 9.17) is 0 Å². The first-order valence-corrected chi connectivity index (χ1v) is 2.29. The standard InChI is InChI=1S/C5H4F3NO/c1-4(2-9-3-10)5(6,7)8/h2H,1H3/b4-2+. The van der Waals surface area contributed by atoms with E-state index in [-0.39, 0.29) is 0 Å². The topological polar surface area (TPSA) is 29.4 Å².